The maximum atomic E-state index is 12.8. The molecule has 11 heteroatoms. The molecule has 1 aliphatic heterocycles. The van der Waals surface area contributed by atoms with Crippen molar-refractivity contribution in [2.24, 2.45) is 0 Å². The van der Waals surface area contributed by atoms with E-state index in [4.69, 9.17) is 9.47 Å². The molecule has 3 rings (SSSR count). The fourth-order valence-electron chi connectivity index (χ4n) is 2.84. The molecule has 1 fully saturated rings. The Kier molecular flexibility index (Phi) is 5.86. The predicted octanol–water partition coefficient (Wildman–Crippen LogP) is 1.95. The molecule has 2 amide bonds. The van der Waals surface area contributed by atoms with E-state index in [9.17, 15) is 29.6 Å². The summed E-state index contributed by atoms with van der Waals surface area (Å²) in [6.45, 7) is 1.89. The Morgan fingerprint density at radius 3 is 2.52 bits per heavy atom. The third kappa shape index (κ3) is 4.15. The van der Waals surface area contributed by atoms with Crippen LogP contribution in [0.1, 0.15) is 22.8 Å². The third-order valence-electron chi connectivity index (χ3n) is 4.35. The molecule has 2 N–H and O–H groups in total. The summed E-state index contributed by atoms with van der Waals surface area (Å²) in [4.78, 5) is 47.3. The highest BCUT2D eigenvalue weighted by Gasteiger charge is 2.35. The summed E-state index contributed by atoms with van der Waals surface area (Å²) in [5, 5.41) is 22.3. The number of rotatable bonds is 6. The lowest BCUT2D eigenvalue weighted by atomic mass is 10.1. The van der Waals surface area contributed by atoms with Gasteiger partial charge in [0.2, 0.25) is 0 Å². The Labute approximate surface area is 175 Å². The lowest BCUT2D eigenvalue weighted by molar-refractivity contribution is -0.385. The number of hydrogen-bond donors (Lipinski definition) is 2. The number of phenols is 1. The van der Waals surface area contributed by atoms with Crippen LogP contribution in [0.5, 0.6) is 11.5 Å². The lowest BCUT2D eigenvalue weighted by Crippen LogP contribution is -2.35. The highest BCUT2D eigenvalue weighted by atomic mass is 16.6. The number of amides is 2. The minimum Gasteiger partial charge on any atom is -0.504 e. The first-order valence-corrected chi connectivity index (χ1v) is 8.96. The molecule has 0 saturated carbocycles. The number of nitro groups is 1. The van der Waals surface area contributed by atoms with E-state index in [1.54, 1.807) is 6.92 Å². The lowest BCUT2D eigenvalue weighted by Gasteiger charge is -2.14. The Hall–Kier alpha value is -4.41. The van der Waals surface area contributed by atoms with Crippen molar-refractivity contribution < 1.29 is 33.9 Å². The number of nitro benzene ring substituents is 1. The van der Waals surface area contributed by atoms with E-state index >= 15 is 0 Å². The minimum absolute atomic E-state index is 0.135. The summed E-state index contributed by atoms with van der Waals surface area (Å²) in [5.74, 6) is -2.69. The number of nitrogens with zero attached hydrogens (tertiary/aromatic N) is 2. The van der Waals surface area contributed by atoms with Crippen molar-refractivity contribution in [1.82, 2.24) is 5.43 Å². The minimum atomic E-state index is -0.774. The number of carbonyl (C=O) groups excluding carboxylic acids is 3. The summed E-state index contributed by atoms with van der Waals surface area (Å²) >= 11 is 0. The van der Waals surface area contributed by atoms with Crippen molar-refractivity contribution in [3.05, 3.63) is 63.2 Å². The van der Waals surface area contributed by atoms with Crippen LogP contribution in [0.3, 0.4) is 0 Å². The molecule has 0 bridgehead atoms. The molecule has 0 radical (unpaired) electrons. The molecule has 0 atom stereocenters. The zero-order valence-corrected chi connectivity index (χ0v) is 16.4. The molecule has 0 spiro atoms. The number of nitrogens with one attached hydrogen (secondary N) is 1. The van der Waals surface area contributed by atoms with Gasteiger partial charge < -0.3 is 14.6 Å². The topological polar surface area (TPSA) is 148 Å². The van der Waals surface area contributed by atoms with E-state index in [0.29, 0.717) is 0 Å². The molecule has 1 heterocycles. The van der Waals surface area contributed by atoms with Crippen molar-refractivity contribution in [3.63, 3.8) is 0 Å². The molecule has 160 valence electrons. The van der Waals surface area contributed by atoms with Crippen LogP contribution in [-0.2, 0) is 14.3 Å². The Balaban J connectivity index is 1.94. The predicted molar refractivity (Wildman–Crippen MR) is 107 cm³/mol. The maximum absolute atomic E-state index is 12.8. The standard InChI is InChI=1S/C20H17N3O8/c1-3-31-20(27)11-4-6-13(7-5-11)22-19(26)15(18(25)21-22)9-12-8-14(23(28)29)10-16(30-2)17(12)24/h4-10,24H,3H2,1-2H3,(H,21,25). The first-order valence-electron chi connectivity index (χ1n) is 8.96. The van der Waals surface area contributed by atoms with Crippen LogP contribution in [0.2, 0.25) is 0 Å². The third-order valence-corrected chi connectivity index (χ3v) is 4.35. The molecule has 0 aromatic heterocycles. The van der Waals surface area contributed by atoms with Gasteiger partial charge in [-0.15, -0.1) is 0 Å². The number of ether oxygens (including phenoxy) is 2. The molecule has 1 saturated heterocycles. The fourth-order valence-corrected chi connectivity index (χ4v) is 2.84. The summed E-state index contributed by atoms with van der Waals surface area (Å²) in [6, 6.07) is 7.80. The number of esters is 1. The van der Waals surface area contributed by atoms with Crippen molar-refractivity contribution in [1.29, 1.82) is 0 Å². The van der Waals surface area contributed by atoms with E-state index in [1.165, 1.54) is 31.4 Å². The molecule has 2 aromatic rings. The van der Waals surface area contributed by atoms with E-state index in [1.807, 2.05) is 0 Å². The molecule has 0 unspecified atom stereocenters. The number of non-ortho nitro benzene ring substituents is 1. The highest BCUT2D eigenvalue weighted by Crippen LogP contribution is 2.36. The van der Waals surface area contributed by atoms with Crippen molar-refractivity contribution >= 4 is 35.2 Å². The molecule has 31 heavy (non-hydrogen) atoms. The van der Waals surface area contributed by atoms with Gasteiger partial charge >= 0.3 is 5.97 Å². The largest absolute Gasteiger partial charge is 0.504 e. The van der Waals surface area contributed by atoms with Gasteiger partial charge in [0.25, 0.3) is 17.5 Å². The van der Waals surface area contributed by atoms with Gasteiger partial charge in [0.15, 0.2) is 11.5 Å². The highest BCUT2D eigenvalue weighted by molar-refractivity contribution is 6.31. The second kappa shape index (κ2) is 8.53. The number of hydrazine groups is 1. The van der Waals surface area contributed by atoms with Crippen LogP contribution in [-0.4, -0.2) is 41.5 Å². The van der Waals surface area contributed by atoms with Gasteiger partial charge in [-0.1, -0.05) is 0 Å². The van der Waals surface area contributed by atoms with Crippen LogP contribution < -0.4 is 15.2 Å². The number of methoxy groups -OCH3 is 1. The summed E-state index contributed by atoms with van der Waals surface area (Å²) in [5.41, 5.74) is 2.03. The Morgan fingerprint density at radius 1 is 1.26 bits per heavy atom. The van der Waals surface area contributed by atoms with Crippen LogP contribution >= 0.6 is 0 Å². The quantitative estimate of drug-likeness (QED) is 0.234. The van der Waals surface area contributed by atoms with Crippen molar-refractivity contribution in [2.45, 2.75) is 6.92 Å². The van der Waals surface area contributed by atoms with Gasteiger partial charge in [-0.25, -0.2) is 9.80 Å². The summed E-state index contributed by atoms with van der Waals surface area (Å²) in [7, 11) is 1.21. The van der Waals surface area contributed by atoms with Gasteiger partial charge in [0.05, 0.1) is 36.0 Å². The number of phenolic OH excluding ortho intramolecular Hbond substituents is 1. The van der Waals surface area contributed by atoms with Gasteiger partial charge in [0.1, 0.15) is 5.57 Å². The van der Waals surface area contributed by atoms with Crippen molar-refractivity contribution in [3.8, 4) is 11.5 Å². The first kappa shape index (κ1) is 21.3. The molecule has 1 aliphatic rings. The van der Waals surface area contributed by atoms with Crippen molar-refractivity contribution in [2.75, 3.05) is 18.7 Å². The second-order valence-electron chi connectivity index (χ2n) is 6.25. The second-order valence-corrected chi connectivity index (χ2v) is 6.25. The monoisotopic (exact) mass is 427 g/mol. The van der Waals surface area contributed by atoms with Crippen LogP contribution in [0.25, 0.3) is 6.08 Å². The van der Waals surface area contributed by atoms with Gasteiger partial charge in [0, 0.05) is 11.6 Å². The van der Waals surface area contributed by atoms with E-state index in [0.717, 1.165) is 23.2 Å². The average molecular weight is 427 g/mol. The van der Waals surface area contributed by atoms with E-state index < -0.39 is 34.1 Å². The number of hydrogen-bond acceptors (Lipinski definition) is 8. The normalized spacial score (nSPS) is 14.5. The fraction of sp³-hybridized carbons (Fsp3) is 0.150. The van der Waals surface area contributed by atoms with Crippen LogP contribution in [0, 0.1) is 10.1 Å². The molecule has 11 nitrogen and oxygen atoms in total. The molecular formula is C20H17N3O8. The molecule has 2 aromatic carbocycles. The zero-order valence-electron chi connectivity index (χ0n) is 16.4. The number of carbonyl (C=O) groups is 3. The Bertz CT molecular complexity index is 1110. The molecule has 0 aliphatic carbocycles. The maximum Gasteiger partial charge on any atom is 0.338 e. The Morgan fingerprint density at radius 2 is 1.94 bits per heavy atom. The number of benzene rings is 2. The van der Waals surface area contributed by atoms with E-state index in [2.05, 4.69) is 5.43 Å². The van der Waals surface area contributed by atoms with Crippen LogP contribution in [0.15, 0.2) is 42.0 Å². The smallest absolute Gasteiger partial charge is 0.338 e. The summed E-state index contributed by atoms with van der Waals surface area (Å²) in [6.07, 6.45) is 1.04. The van der Waals surface area contributed by atoms with E-state index in [-0.39, 0.29) is 34.7 Å². The SMILES string of the molecule is CCOC(=O)c1ccc(N2NC(=O)C(=Cc3cc([N+](=O)[O-])cc(OC)c3O)C2=O)cc1. The molecular weight excluding hydrogens is 410 g/mol. The van der Waals surface area contributed by atoms with Crippen LogP contribution in [0.4, 0.5) is 11.4 Å². The van der Waals surface area contributed by atoms with Gasteiger partial charge in [-0.3, -0.25) is 25.1 Å². The van der Waals surface area contributed by atoms with Gasteiger partial charge in [-0.05, 0) is 37.3 Å². The first-order chi connectivity index (χ1) is 14.8. The number of anilines is 1. The zero-order chi connectivity index (χ0) is 22.7. The number of aromatic hydroxyl groups is 1. The van der Waals surface area contributed by atoms with Gasteiger partial charge in [-0.2, -0.15) is 0 Å². The average Bonchev–Trinajstić information content (AvgIpc) is 3.03. The summed E-state index contributed by atoms with van der Waals surface area (Å²) < 4.78 is 9.81.